The number of hydrogen-bond donors (Lipinski definition) is 1. The molecule has 4 aliphatic carbocycles. The van der Waals surface area contributed by atoms with Crippen LogP contribution >= 0.6 is 0 Å². The zero-order valence-electron chi connectivity index (χ0n) is 14.5. The van der Waals surface area contributed by atoms with Gasteiger partial charge in [0.05, 0.1) is 5.41 Å². The molecule has 1 atom stereocenters. The van der Waals surface area contributed by atoms with E-state index >= 15 is 0 Å². The summed E-state index contributed by atoms with van der Waals surface area (Å²) in [6, 6.07) is 7.25. The highest BCUT2D eigenvalue weighted by Crippen LogP contribution is 2.60. The zero-order chi connectivity index (χ0) is 17.2. The summed E-state index contributed by atoms with van der Waals surface area (Å²) in [6.07, 6.45) is 7.27. The lowest BCUT2D eigenvalue weighted by Crippen LogP contribution is -2.58. The van der Waals surface area contributed by atoms with Gasteiger partial charge in [0.15, 0.2) is 0 Å². The summed E-state index contributed by atoms with van der Waals surface area (Å²) < 4.78 is 0. The third-order valence-electron chi connectivity index (χ3n) is 7.29. The van der Waals surface area contributed by atoms with E-state index < -0.39 is 12.0 Å². The van der Waals surface area contributed by atoms with E-state index in [0.717, 1.165) is 30.4 Å². The van der Waals surface area contributed by atoms with E-state index in [0.29, 0.717) is 30.7 Å². The van der Waals surface area contributed by atoms with Gasteiger partial charge in [0.25, 0.3) is 0 Å². The molecule has 6 rings (SSSR count). The molecule has 1 heterocycles. The first-order valence-corrected chi connectivity index (χ1v) is 9.65. The highest BCUT2D eigenvalue weighted by Gasteiger charge is 2.56. The minimum atomic E-state index is -0.868. The SMILES string of the molecule is O=C(O)C1Cc2ccccc2CN1C(=O)C12CC3CC(CC(C3)C1)C2. The summed E-state index contributed by atoms with van der Waals surface area (Å²) >= 11 is 0. The smallest absolute Gasteiger partial charge is 0.326 e. The van der Waals surface area contributed by atoms with Gasteiger partial charge in [-0.05, 0) is 67.4 Å². The van der Waals surface area contributed by atoms with E-state index in [1.807, 2.05) is 24.3 Å². The van der Waals surface area contributed by atoms with Crippen molar-refractivity contribution in [2.75, 3.05) is 0 Å². The summed E-state index contributed by atoms with van der Waals surface area (Å²) in [7, 11) is 0. The first kappa shape index (κ1) is 15.4. The van der Waals surface area contributed by atoms with Gasteiger partial charge in [0.2, 0.25) is 5.91 Å². The molecule has 0 saturated heterocycles. The van der Waals surface area contributed by atoms with E-state index in [9.17, 15) is 14.7 Å². The van der Waals surface area contributed by atoms with Gasteiger partial charge in [-0.1, -0.05) is 24.3 Å². The second-order valence-electron chi connectivity index (χ2n) is 8.96. The average molecular weight is 339 g/mol. The van der Waals surface area contributed by atoms with E-state index in [1.165, 1.54) is 19.3 Å². The van der Waals surface area contributed by atoms with Crippen LogP contribution in [0.15, 0.2) is 24.3 Å². The fourth-order valence-corrected chi connectivity index (χ4v) is 6.63. The van der Waals surface area contributed by atoms with E-state index in [-0.39, 0.29) is 11.3 Å². The average Bonchev–Trinajstić information content (AvgIpc) is 2.58. The number of carboxylic acids is 1. The van der Waals surface area contributed by atoms with Gasteiger partial charge in [-0.2, -0.15) is 0 Å². The van der Waals surface area contributed by atoms with Crippen LogP contribution in [0, 0.1) is 23.2 Å². The molecule has 4 saturated carbocycles. The molecule has 5 aliphatic rings. The number of hydrogen-bond acceptors (Lipinski definition) is 2. The largest absolute Gasteiger partial charge is 0.480 e. The first-order valence-electron chi connectivity index (χ1n) is 9.65. The van der Waals surface area contributed by atoms with Crippen LogP contribution in [-0.4, -0.2) is 27.9 Å². The van der Waals surface area contributed by atoms with Crippen LogP contribution in [0.25, 0.3) is 0 Å². The van der Waals surface area contributed by atoms with Crippen molar-refractivity contribution in [2.45, 2.75) is 57.5 Å². The molecule has 4 bridgehead atoms. The monoisotopic (exact) mass is 339 g/mol. The van der Waals surface area contributed by atoms with Crippen molar-refractivity contribution in [2.24, 2.45) is 23.2 Å². The van der Waals surface area contributed by atoms with E-state index in [1.54, 1.807) is 4.90 Å². The van der Waals surface area contributed by atoms with Gasteiger partial charge in [0.1, 0.15) is 6.04 Å². The second kappa shape index (κ2) is 5.33. The Bertz CT molecular complexity index is 705. The summed E-state index contributed by atoms with van der Waals surface area (Å²) in [6.45, 7) is 0.452. The molecule has 4 fully saturated rings. The maximum atomic E-state index is 13.6. The Balaban J connectivity index is 1.49. The molecule has 1 aromatic rings. The second-order valence-corrected chi connectivity index (χ2v) is 8.96. The molecule has 1 amide bonds. The maximum Gasteiger partial charge on any atom is 0.326 e. The van der Waals surface area contributed by atoms with Crippen molar-refractivity contribution in [1.82, 2.24) is 4.90 Å². The summed E-state index contributed by atoms with van der Waals surface area (Å²) in [5, 5.41) is 9.77. The number of benzene rings is 1. The number of carbonyl (C=O) groups excluding carboxylic acids is 1. The number of rotatable bonds is 2. The molecule has 25 heavy (non-hydrogen) atoms. The van der Waals surface area contributed by atoms with Gasteiger partial charge in [-0.25, -0.2) is 4.79 Å². The van der Waals surface area contributed by atoms with Gasteiger partial charge < -0.3 is 10.0 Å². The Morgan fingerprint density at radius 1 is 0.960 bits per heavy atom. The summed E-state index contributed by atoms with van der Waals surface area (Å²) in [5.74, 6) is 1.34. The minimum Gasteiger partial charge on any atom is -0.480 e. The standard InChI is InChI=1S/C21H25NO3/c23-19(24)18-8-16-3-1-2-4-17(16)12-22(18)20(25)21-9-13-5-14(10-21)7-15(6-13)11-21/h1-4,13-15,18H,5-12H2,(H,23,24). The lowest BCUT2D eigenvalue weighted by atomic mass is 9.49. The first-order chi connectivity index (χ1) is 12.0. The van der Waals surface area contributed by atoms with Gasteiger partial charge >= 0.3 is 5.97 Å². The van der Waals surface area contributed by atoms with Crippen LogP contribution in [0.3, 0.4) is 0 Å². The number of aliphatic carboxylic acids is 1. The normalized spacial score (nSPS) is 38.5. The van der Waals surface area contributed by atoms with Crippen molar-refractivity contribution >= 4 is 11.9 Å². The third-order valence-corrected chi connectivity index (χ3v) is 7.29. The van der Waals surface area contributed by atoms with Gasteiger partial charge in [-0.3, -0.25) is 4.79 Å². The fourth-order valence-electron chi connectivity index (χ4n) is 6.63. The number of amides is 1. The maximum absolute atomic E-state index is 13.6. The molecule has 0 aromatic heterocycles. The number of nitrogens with zero attached hydrogens (tertiary/aromatic N) is 1. The predicted molar refractivity (Wildman–Crippen MR) is 92.7 cm³/mol. The molecule has 0 spiro atoms. The quantitative estimate of drug-likeness (QED) is 0.900. The van der Waals surface area contributed by atoms with Crippen molar-refractivity contribution in [1.29, 1.82) is 0 Å². The number of carboxylic acid groups (broad SMARTS) is 1. The zero-order valence-corrected chi connectivity index (χ0v) is 14.5. The third kappa shape index (κ3) is 2.33. The van der Waals surface area contributed by atoms with Crippen LogP contribution < -0.4 is 0 Å². The number of fused-ring (bicyclic) bond motifs is 1. The molecular formula is C21H25NO3. The van der Waals surface area contributed by atoms with Crippen molar-refractivity contribution in [3.8, 4) is 0 Å². The molecule has 1 N–H and O–H groups in total. The lowest BCUT2D eigenvalue weighted by Gasteiger charge is -2.57. The summed E-state index contributed by atoms with van der Waals surface area (Å²) in [4.78, 5) is 27.3. The van der Waals surface area contributed by atoms with Crippen LogP contribution in [0.4, 0.5) is 0 Å². The Morgan fingerprint density at radius 2 is 1.52 bits per heavy atom. The Hall–Kier alpha value is -1.84. The highest BCUT2D eigenvalue weighted by atomic mass is 16.4. The molecule has 1 unspecified atom stereocenters. The molecule has 1 aliphatic heterocycles. The van der Waals surface area contributed by atoms with Crippen LogP contribution in [0.1, 0.15) is 49.7 Å². The van der Waals surface area contributed by atoms with Gasteiger partial charge in [0, 0.05) is 13.0 Å². The molecular weight excluding hydrogens is 314 g/mol. The van der Waals surface area contributed by atoms with E-state index in [4.69, 9.17) is 0 Å². The van der Waals surface area contributed by atoms with Crippen molar-refractivity contribution in [3.05, 3.63) is 35.4 Å². The predicted octanol–water partition coefficient (Wildman–Crippen LogP) is 3.24. The summed E-state index contributed by atoms with van der Waals surface area (Å²) in [5.41, 5.74) is 1.91. The van der Waals surface area contributed by atoms with Crippen LogP contribution in [0.5, 0.6) is 0 Å². The van der Waals surface area contributed by atoms with Crippen LogP contribution in [-0.2, 0) is 22.6 Å². The number of carbonyl (C=O) groups is 2. The topological polar surface area (TPSA) is 57.6 Å². The molecule has 0 radical (unpaired) electrons. The van der Waals surface area contributed by atoms with Crippen molar-refractivity contribution in [3.63, 3.8) is 0 Å². The highest BCUT2D eigenvalue weighted by molar-refractivity contribution is 5.88. The van der Waals surface area contributed by atoms with Crippen LogP contribution in [0.2, 0.25) is 0 Å². The Kier molecular flexibility index (Phi) is 3.28. The van der Waals surface area contributed by atoms with E-state index in [2.05, 4.69) is 0 Å². The van der Waals surface area contributed by atoms with Gasteiger partial charge in [-0.15, -0.1) is 0 Å². The molecule has 4 nitrogen and oxygen atoms in total. The molecule has 1 aromatic carbocycles. The molecule has 132 valence electrons. The fraction of sp³-hybridized carbons (Fsp3) is 0.619. The minimum absolute atomic E-state index is 0.133. The molecule has 4 heteroatoms. The Morgan fingerprint density at radius 3 is 2.08 bits per heavy atom. The Labute approximate surface area is 148 Å². The van der Waals surface area contributed by atoms with Crippen molar-refractivity contribution < 1.29 is 14.7 Å². The lowest BCUT2D eigenvalue weighted by molar-refractivity contribution is -0.167.